The summed E-state index contributed by atoms with van der Waals surface area (Å²) >= 11 is 1.49. The summed E-state index contributed by atoms with van der Waals surface area (Å²) in [6.07, 6.45) is 3.30. The first kappa shape index (κ1) is 11.8. The lowest BCUT2D eigenvalue weighted by Gasteiger charge is -2.33. The van der Waals surface area contributed by atoms with Gasteiger partial charge in [-0.2, -0.15) is 0 Å². The van der Waals surface area contributed by atoms with Crippen molar-refractivity contribution in [1.82, 2.24) is 4.90 Å². The van der Waals surface area contributed by atoms with Gasteiger partial charge in [0.15, 0.2) is 5.78 Å². The Balaban J connectivity index is 1.95. The fraction of sp³-hybridized carbons (Fsp3) is 0.583. The molecule has 0 spiro atoms. The third kappa shape index (κ3) is 2.70. The third-order valence-corrected chi connectivity index (χ3v) is 4.01. The van der Waals surface area contributed by atoms with E-state index in [-0.39, 0.29) is 18.4 Å². The number of likely N-dealkylation sites (tertiary alicyclic amines) is 1. The molecule has 1 N–H and O–H groups in total. The van der Waals surface area contributed by atoms with E-state index < -0.39 is 0 Å². The van der Waals surface area contributed by atoms with E-state index in [4.69, 9.17) is 0 Å². The highest BCUT2D eigenvalue weighted by Gasteiger charge is 2.23. The Morgan fingerprint density at radius 1 is 1.56 bits per heavy atom. The van der Waals surface area contributed by atoms with Gasteiger partial charge in [-0.3, -0.25) is 9.69 Å². The first-order chi connectivity index (χ1) is 7.81. The molecular formula is C12H17NO2S. The number of ketones is 1. The molecule has 1 aromatic rings. The summed E-state index contributed by atoms with van der Waals surface area (Å²) in [5.74, 6) is 0.176. The standard InChI is InChI=1S/C12H17NO2S/c14-9-10-4-1-2-6-13(10)8-11(15)12-5-3-7-16-12/h3,5,7,10,14H,1-2,4,6,8-9H2. The van der Waals surface area contributed by atoms with Crippen LogP contribution in [0.15, 0.2) is 17.5 Å². The van der Waals surface area contributed by atoms with E-state index in [9.17, 15) is 9.90 Å². The van der Waals surface area contributed by atoms with Crippen molar-refractivity contribution < 1.29 is 9.90 Å². The molecule has 1 unspecified atom stereocenters. The minimum absolute atomic E-state index is 0.164. The largest absolute Gasteiger partial charge is 0.395 e. The van der Waals surface area contributed by atoms with Gasteiger partial charge in [0.2, 0.25) is 0 Å². The molecule has 1 aliphatic rings. The van der Waals surface area contributed by atoms with Gasteiger partial charge >= 0.3 is 0 Å². The SMILES string of the molecule is O=C(CN1CCCCC1CO)c1cccs1. The van der Waals surface area contributed by atoms with E-state index in [0.29, 0.717) is 6.54 Å². The van der Waals surface area contributed by atoms with Gasteiger partial charge in [-0.25, -0.2) is 0 Å². The van der Waals surface area contributed by atoms with Gasteiger partial charge in [0.25, 0.3) is 0 Å². The molecule has 3 nitrogen and oxygen atoms in total. The molecule has 0 aliphatic carbocycles. The Hall–Kier alpha value is -0.710. The summed E-state index contributed by atoms with van der Waals surface area (Å²) in [7, 11) is 0. The number of rotatable bonds is 4. The Bertz CT molecular complexity index is 337. The summed E-state index contributed by atoms with van der Waals surface area (Å²) in [4.78, 5) is 14.9. The van der Waals surface area contributed by atoms with Crippen molar-refractivity contribution in [3.63, 3.8) is 0 Å². The maximum absolute atomic E-state index is 11.9. The van der Waals surface area contributed by atoms with Crippen LogP contribution in [0, 0.1) is 0 Å². The lowest BCUT2D eigenvalue weighted by atomic mass is 10.0. The van der Waals surface area contributed by atoms with Crippen LogP contribution in [0.5, 0.6) is 0 Å². The molecule has 1 aromatic heterocycles. The maximum atomic E-state index is 11.9. The van der Waals surface area contributed by atoms with E-state index in [2.05, 4.69) is 4.90 Å². The van der Waals surface area contributed by atoms with E-state index in [1.54, 1.807) is 0 Å². The fourth-order valence-electron chi connectivity index (χ4n) is 2.17. The number of aliphatic hydroxyl groups is 1. The van der Waals surface area contributed by atoms with Crippen molar-refractivity contribution >= 4 is 17.1 Å². The lowest BCUT2D eigenvalue weighted by Crippen LogP contribution is -2.44. The highest BCUT2D eigenvalue weighted by atomic mass is 32.1. The van der Waals surface area contributed by atoms with E-state index in [1.807, 2.05) is 17.5 Å². The zero-order chi connectivity index (χ0) is 11.4. The molecule has 88 valence electrons. The lowest BCUT2D eigenvalue weighted by molar-refractivity contribution is 0.0714. The Morgan fingerprint density at radius 3 is 3.12 bits per heavy atom. The van der Waals surface area contributed by atoms with Crippen LogP contribution in [-0.2, 0) is 0 Å². The number of hydrogen-bond acceptors (Lipinski definition) is 4. The minimum atomic E-state index is 0.164. The van der Waals surface area contributed by atoms with Crippen LogP contribution >= 0.6 is 11.3 Å². The quantitative estimate of drug-likeness (QED) is 0.814. The average molecular weight is 239 g/mol. The molecule has 0 radical (unpaired) electrons. The molecule has 1 saturated heterocycles. The molecule has 0 bridgehead atoms. The Kier molecular flexibility index (Phi) is 4.09. The van der Waals surface area contributed by atoms with Crippen molar-refractivity contribution in [2.75, 3.05) is 19.7 Å². The topological polar surface area (TPSA) is 40.5 Å². The van der Waals surface area contributed by atoms with Gasteiger partial charge in [0.05, 0.1) is 18.0 Å². The molecule has 0 saturated carbocycles. The maximum Gasteiger partial charge on any atom is 0.186 e. The zero-order valence-electron chi connectivity index (χ0n) is 9.26. The van der Waals surface area contributed by atoms with Crippen molar-refractivity contribution in [3.05, 3.63) is 22.4 Å². The molecule has 1 fully saturated rings. The molecule has 4 heteroatoms. The predicted octanol–water partition coefficient (Wildman–Crippen LogP) is 1.78. The van der Waals surface area contributed by atoms with Gasteiger partial charge in [0.1, 0.15) is 0 Å². The van der Waals surface area contributed by atoms with Crippen molar-refractivity contribution in [2.24, 2.45) is 0 Å². The van der Waals surface area contributed by atoms with E-state index in [1.165, 1.54) is 11.3 Å². The molecule has 1 aliphatic heterocycles. The van der Waals surface area contributed by atoms with Gasteiger partial charge in [-0.05, 0) is 30.8 Å². The highest BCUT2D eigenvalue weighted by Crippen LogP contribution is 2.18. The summed E-state index contributed by atoms with van der Waals surface area (Å²) in [6, 6.07) is 3.94. The van der Waals surface area contributed by atoms with Gasteiger partial charge in [0, 0.05) is 6.04 Å². The molecule has 1 atom stereocenters. The smallest absolute Gasteiger partial charge is 0.186 e. The van der Waals surface area contributed by atoms with E-state index >= 15 is 0 Å². The second-order valence-corrected chi connectivity index (χ2v) is 5.15. The summed E-state index contributed by atoms with van der Waals surface area (Å²) in [5, 5.41) is 11.2. The molecule has 0 aromatic carbocycles. The number of carbonyl (C=O) groups is 1. The molecule has 16 heavy (non-hydrogen) atoms. The number of aliphatic hydroxyl groups excluding tert-OH is 1. The summed E-state index contributed by atoms with van der Waals surface area (Å²) < 4.78 is 0. The van der Waals surface area contributed by atoms with Crippen molar-refractivity contribution in [2.45, 2.75) is 25.3 Å². The third-order valence-electron chi connectivity index (χ3n) is 3.10. The number of piperidine rings is 1. The van der Waals surface area contributed by atoms with E-state index in [0.717, 1.165) is 30.7 Å². The predicted molar refractivity (Wildman–Crippen MR) is 64.9 cm³/mol. The second-order valence-electron chi connectivity index (χ2n) is 4.20. The molecular weight excluding hydrogens is 222 g/mol. The van der Waals surface area contributed by atoms with Crippen LogP contribution in [0.2, 0.25) is 0 Å². The van der Waals surface area contributed by atoms with Crippen LogP contribution in [0.25, 0.3) is 0 Å². The first-order valence-electron chi connectivity index (χ1n) is 5.73. The number of nitrogens with zero attached hydrogens (tertiary/aromatic N) is 1. The number of carbonyl (C=O) groups excluding carboxylic acids is 1. The van der Waals surface area contributed by atoms with Gasteiger partial charge in [-0.15, -0.1) is 11.3 Å². The zero-order valence-corrected chi connectivity index (χ0v) is 10.1. The molecule has 2 rings (SSSR count). The normalized spacial score (nSPS) is 22.2. The molecule has 0 amide bonds. The minimum Gasteiger partial charge on any atom is -0.395 e. The summed E-state index contributed by atoms with van der Waals surface area (Å²) in [6.45, 7) is 1.55. The van der Waals surface area contributed by atoms with Crippen molar-refractivity contribution in [1.29, 1.82) is 0 Å². The van der Waals surface area contributed by atoms with Crippen LogP contribution < -0.4 is 0 Å². The monoisotopic (exact) mass is 239 g/mol. The fourth-order valence-corrected chi connectivity index (χ4v) is 2.83. The van der Waals surface area contributed by atoms with Gasteiger partial charge < -0.3 is 5.11 Å². The number of hydrogen-bond donors (Lipinski definition) is 1. The van der Waals surface area contributed by atoms with Crippen LogP contribution in [0.3, 0.4) is 0 Å². The highest BCUT2D eigenvalue weighted by molar-refractivity contribution is 7.12. The van der Waals surface area contributed by atoms with Gasteiger partial charge in [-0.1, -0.05) is 12.5 Å². The van der Waals surface area contributed by atoms with Crippen LogP contribution in [0.4, 0.5) is 0 Å². The second kappa shape index (κ2) is 5.57. The van der Waals surface area contributed by atoms with Crippen LogP contribution in [-0.4, -0.2) is 41.5 Å². The molecule has 2 heterocycles. The number of thiophene rings is 1. The number of Topliss-reactive ketones (excluding diaryl/α,β-unsaturated/α-hetero) is 1. The Labute approximate surface area is 99.7 Å². The van der Waals surface area contributed by atoms with Crippen LogP contribution in [0.1, 0.15) is 28.9 Å². The Morgan fingerprint density at radius 2 is 2.44 bits per heavy atom. The average Bonchev–Trinajstić information content (AvgIpc) is 2.83. The van der Waals surface area contributed by atoms with Crippen molar-refractivity contribution in [3.8, 4) is 0 Å². The summed E-state index contributed by atoms with van der Waals surface area (Å²) in [5.41, 5.74) is 0. The first-order valence-corrected chi connectivity index (χ1v) is 6.61.